The normalized spacial score (nSPS) is 11.4. The Morgan fingerprint density at radius 3 is 2.52 bits per heavy atom. The first-order chi connectivity index (χ1) is 12.9. The first-order valence-corrected chi connectivity index (χ1v) is 10.3. The van der Waals surface area contributed by atoms with E-state index in [0.29, 0.717) is 28.8 Å². The largest absolute Gasteiger partial charge is 0.294 e. The van der Waals surface area contributed by atoms with Gasteiger partial charge in [-0.2, -0.15) is 5.26 Å². The highest BCUT2D eigenvalue weighted by Gasteiger charge is 2.23. The number of aromatic nitrogens is 1. The second kappa shape index (κ2) is 7.55. The zero-order chi connectivity index (χ0) is 19.6. The summed E-state index contributed by atoms with van der Waals surface area (Å²) < 4.78 is 27.4. The molecule has 0 atom stereocenters. The first kappa shape index (κ1) is 19.2. The highest BCUT2D eigenvalue weighted by molar-refractivity contribution is 7.90. The van der Waals surface area contributed by atoms with Gasteiger partial charge >= 0.3 is 0 Å². The van der Waals surface area contributed by atoms with Crippen molar-refractivity contribution in [3.63, 3.8) is 0 Å². The molecule has 2 aromatic carbocycles. The van der Waals surface area contributed by atoms with Crippen molar-refractivity contribution in [3.8, 4) is 6.07 Å². The van der Waals surface area contributed by atoms with Gasteiger partial charge in [0.1, 0.15) is 0 Å². The second-order valence-electron chi connectivity index (χ2n) is 6.22. The van der Waals surface area contributed by atoms with Crippen molar-refractivity contribution in [1.82, 2.24) is 3.97 Å². The summed E-state index contributed by atoms with van der Waals surface area (Å²) in [7, 11) is -3.88. The fourth-order valence-electron chi connectivity index (χ4n) is 2.88. The number of carbonyl (C=O) groups excluding carboxylic acids is 1. The molecule has 0 amide bonds. The number of hydrogen-bond donors (Lipinski definition) is 0. The van der Waals surface area contributed by atoms with Gasteiger partial charge in [-0.25, -0.2) is 12.4 Å². The third-order valence-electron chi connectivity index (χ3n) is 4.32. The first-order valence-electron chi connectivity index (χ1n) is 8.35. The van der Waals surface area contributed by atoms with E-state index in [1.807, 2.05) is 13.0 Å². The molecule has 3 aromatic rings. The van der Waals surface area contributed by atoms with Crippen LogP contribution in [0.2, 0.25) is 0 Å². The molecule has 5 nitrogen and oxygen atoms in total. The quantitative estimate of drug-likeness (QED) is 0.457. The Balaban J connectivity index is 2.23. The van der Waals surface area contributed by atoms with E-state index in [1.165, 1.54) is 24.4 Å². The van der Waals surface area contributed by atoms with Gasteiger partial charge in [-0.3, -0.25) is 4.79 Å². The molecule has 1 aromatic heterocycles. The maximum absolute atomic E-state index is 13.1. The number of halogens is 1. The van der Waals surface area contributed by atoms with Crippen LogP contribution in [0.25, 0.3) is 10.9 Å². The molecule has 0 aliphatic heterocycles. The summed E-state index contributed by atoms with van der Waals surface area (Å²) in [5.74, 6) is 0.142. The van der Waals surface area contributed by atoms with Crippen LogP contribution in [0.4, 0.5) is 0 Å². The predicted octanol–water partition coefficient (Wildman–Crippen LogP) is 4.26. The molecule has 0 fully saturated rings. The minimum Gasteiger partial charge on any atom is -0.294 e. The third kappa shape index (κ3) is 3.61. The highest BCUT2D eigenvalue weighted by Crippen LogP contribution is 2.28. The number of alkyl halides is 1. The van der Waals surface area contributed by atoms with Crippen molar-refractivity contribution in [2.45, 2.75) is 24.7 Å². The van der Waals surface area contributed by atoms with Gasteiger partial charge in [-0.05, 0) is 43.7 Å². The number of ketones is 1. The molecule has 1 heterocycles. The summed E-state index contributed by atoms with van der Waals surface area (Å²) in [6, 6.07) is 13.2. The summed E-state index contributed by atoms with van der Waals surface area (Å²) in [5.41, 5.74) is 1.95. The lowest BCUT2D eigenvalue weighted by atomic mass is 10.0. The molecule has 138 valence electrons. The minimum atomic E-state index is -3.88. The van der Waals surface area contributed by atoms with Crippen LogP contribution in [-0.4, -0.2) is 24.1 Å². The van der Waals surface area contributed by atoms with Crippen molar-refractivity contribution in [2.24, 2.45) is 0 Å². The highest BCUT2D eigenvalue weighted by atomic mass is 35.5. The Hall–Kier alpha value is -2.62. The molecule has 0 unspecified atom stereocenters. The number of benzene rings is 2. The van der Waals surface area contributed by atoms with Crippen molar-refractivity contribution in [3.05, 3.63) is 65.4 Å². The summed E-state index contributed by atoms with van der Waals surface area (Å²) in [4.78, 5) is 12.7. The van der Waals surface area contributed by atoms with E-state index in [2.05, 4.69) is 0 Å². The summed E-state index contributed by atoms with van der Waals surface area (Å²) >= 11 is 5.67. The number of nitriles is 1. The Labute approximate surface area is 162 Å². The lowest BCUT2D eigenvalue weighted by Crippen LogP contribution is -2.12. The molecule has 0 aliphatic carbocycles. The monoisotopic (exact) mass is 400 g/mol. The molecule has 0 bridgehead atoms. The van der Waals surface area contributed by atoms with E-state index in [1.54, 1.807) is 24.3 Å². The molecule has 0 radical (unpaired) electrons. The molecular formula is C20H17ClN2O3S. The predicted molar refractivity (Wildman–Crippen MR) is 105 cm³/mol. The summed E-state index contributed by atoms with van der Waals surface area (Å²) in [5, 5.41) is 9.61. The molecule has 0 saturated carbocycles. The standard InChI is InChI=1S/C20H17ClN2O3S/c1-14-4-7-16(8-5-14)27(25,26)23-13-18(20(24)3-2-10-21)17-11-15(12-22)6-9-19(17)23/h4-9,11,13H,2-3,10H2,1H3. The van der Waals surface area contributed by atoms with Crippen LogP contribution in [0.5, 0.6) is 0 Å². The van der Waals surface area contributed by atoms with Gasteiger partial charge in [0.05, 0.1) is 22.0 Å². The molecule has 0 saturated heterocycles. The van der Waals surface area contributed by atoms with Gasteiger partial charge in [0, 0.05) is 29.4 Å². The van der Waals surface area contributed by atoms with Crippen LogP contribution in [0.1, 0.15) is 34.3 Å². The molecule has 0 aliphatic rings. The van der Waals surface area contributed by atoms with Crippen LogP contribution in [0.3, 0.4) is 0 Å². The van der Waals surface area contributed by atoms with Crippen LogP contribution in [0.15, 0.2) is 53.6 Å². The van der Waals surface area contributed by atoms with Gasteiger partial charge in [0.25, 0.3) is 10.0 Å². The lowest BCUT2D eigenvalue weighted by Gasteiger charge is -2.08. The van der Waals surface area contributed by atoms with Gasteiger partial charge in [0.2, 0.25) is 0 Å². The molecule has 27 heavy (non-hydrogen) atoms. The van der Waals surface area contributed by atoms with Crippen LogP contribution in [0, 0.1) is 18.3 Å². The molecule has 0 spiro atoms. The van der Waals surface area contributed by atoms with Crippen LogP contribution >= 0.6 is 11.6 Å². The van der Waals surface area contributed by atoms with Crippen LogP contribution in [-0.2, 0) is 10.0 Å². The maximum Gasteiger partial charge on any atom is 0.268 e. The van der Waals surface area contributed by atoms with E-state index in [-0.39, 0.29) is 22.7 Å². The summed E-state index contributed by atoms with van der Waals surface area (Å²) in [6.45, 7) is 1.87. The number of rotatable bonds is 6. The number of fused-ring (bicyclic) bond motifs is 1. The fraction of sp³-hybridized carbons (Fsp3) is 0.200. The van der Waals surface area contributed by atoms with Crippen molar-refractivity contribution in [1.29, 1.82) is 5.26 Å². The summed E-state index contributed by atoms with van der Waals surface area (Å²) in [6.07, 6.45) is 2.05. The minimum absolute atomic E-state index is 0.133. The molecular weight excluding hydrogens is 384 g/mol. The van der Waals surface area contributed by atoms with Crippen LogP contribution < -0.4 is 0 Å². The van der Waals surface area contributed by atoms with E-state index in [9.17, 15) is 13.2 Å². The van der Waals surface area contributed by atoms with E-state index in [4.69, 9.17) is 16.9 Å². The van der Waals surface area contributed by atoms with Gasteiger partial charge in [-0.15, -0.1) is 11.6 Å². The fourth-order valence-corrected chi connectivity index (χ4v) is 4.38. The van der Waals surface area contributed by atoms with Gasteiger partial charge in [0.15, 0.2) is 5.78 Å². The van der Waals surface area contributed by atoms with E-state index >= 15 is 0 Å². The Morgan fingerprint density at radius 1 is 1.19 bits per heavy atom. The number of aryl methyl sites for hydroxylation is 1. The lowest BCUT2D eigenvalue weighted by molar-refractivity contribution is 0.0983. The Morgan fingerprint density at radius 2 is 1.89 bits per heavy atom. The third-order valence-corrected chi connectivity index (χ3v) is 6.27. The van der Waals surface area contributed by atoms with E-state index in [0.717, 1.165) is 9.54 Å². The zero-order valence-electron chi connectivity index (χ0n) is 14.6. The average Bonchev–Trinajstić information content (AvgIpc) is 3.06. The van der Waals surface area contributed by atoms with E-state index < -0.39 is 10.0 Å². The van der Waals surface area contributed by atoms with Crippen molar-refractivity contribution >= 4 is 38.3 Å². The Kier molecular flexibility index (Phi) is 5.36. The number of hydrogen-bond acceptors (Lipinski definition) is 4. The molecule has 0 N–H and O–H groups in total. The smallest absolute Gasteiger partial charge is 0.268 e. The number of nitrogens with zero attached hydrogens (tertiary/aromatic N) is 2. The van der Waals surface area contributed by atoms with Gasteiger partial charge < -0.3 is 0 Å². The maximum atomic E-state index is 13.1. The van der Waals surface area contributed by atoms with Gasteiger partial charge in [-0.1, -0.05) is 17.7 Å². The Bertz CT molecular complexity index is 1160. The SMILES string of the molecule is Cc1ccc(S(=O)(=O)n2cc(C(=O)CCCCl)c3cc(C#N)ccc32)cc1. The zero-order valence-corrected chi connectivity index (χ0v) is 16.2. The number of Topliss-reactive ketones (excluding diaryl/α,β-unsaturated/α-hetero) is 1. The second-order valence-corrected chi connectivity index (χ2v) is 8.41. The topological polar surface area (TPSA) is 79.9 Å². The van der Waals surface area contributed by atoms with Crippen molar-refractivity contribution < 1.29 is 13.2 Å². The van der Waals surface area contributed by atoms with Crippen molar-refractivity contribution in [2.75, 3.05) is 5.88 Å². The number of carbonyl (C=O) groups is 1. The average molecular weight is 401 g/mol. The molecule has 3 rings (SSSR count). The molecule has 7 heteroatoms.